The second-order valence-corrected chi connectivity index (χ2v) is 9.69. The molecule has 2 unspecified atom stereocenters. The van der Waals surface area contributed by atoms with Crippen LogP contribution in [0, 0.1) is 5.82 Å². The van der Waals surface area contributed by atoms with Crippen molar-refractivity contribution in [3.8, 4) is 5.75 Å². The van der Waals surface area contributed by atoms with E-state index in [0.717, 1.165) is 24.3 Å². The molecule has 2 aromatic rings. The Kier molecular flexibility index (Phi) is 7.22. The van der Waals surface area contributed by atoms with Crippen LogP contribution in [0.3, 0.4) is 0 Å². The summed E-state index contributed by atoms with van der Waals surface area (Å²) >= 11 is 0. The number of hydrogen-bond donors (Lipinski definition) is 2. The average Bonchev–Trinajstić information content (AvgIpc) is 3.29. The van der Waals surface area contributed by atoms with E-state index in [0.29, 0.717) is 38.3 Å². The molecule has 3 N–H and O–H groups in total. The number of benzene rings is 2. The summed E-state index contributed by atoms with van der Waals surface area (Å²) in [6.45, 7) is 4.63. The van der Waals surface area contributed by atoms with Crippen molar-refractivity contribution in [2.45, 2.75) is 50.0 Å². The number of nitrogens with two attached hydrogens (primary N) is 1. The van der Waals surface area contributed by atoms with Gasteiger partial charge in [0.2, 0.25) is 11.8 Å². The predicted octanol–water partition coefficient (Wildman–Crippen LogP) is 2.16. The molecule has 8 nitrogen and oxygen atoms in total. The minimum Gasteiger partial charge on any atom is -0.493 e. The fraction of sp³-hybridized carbons (Fsp3) is 0.481. The molecule has 0 bridgehead atoms. The van der Waals surface area contributed by atoms with Crippen molar-refractivity contribution >= 4 is 11.8 Å². The molecule has 0 radical (unpaired) electrons. The molecule has 0 aliphatic carbocycles. The van der Waals surface area contributed by atoms with Crippen LogP contribution in [-0.4, -0.2) is 72.6 Å². The Morgan fingerprint density at radius 2 is 1.94 bits per heavy atom. The molecule has 2 aromatic carbocycles. The molecule has 2 saturated heterocycles. The molecular formula is C27H33FN4O4. The van der Waals surface area contributed by atoms with Gasteiger partial charge in [-0.25, -0.2) is 4.39 Å². The number of carbonyl (C=O) groups is 2. The van der Waals surface area contributed by atoms with Gasteiger partial charge in [-0.1, -0.05) is 30.3 Å². The fourth-order valence-corrected chi connectivity index (χ4v) is 5.60. The van der Waals surface area contributed by atoms with Gasteiger partial charge in [0.1, 0.15) is 23.7 Å². The lowest BCUT2D eigenvalue weighted by molar-refractivity contribution is -0.146. The van der Waals surface area contributed by atoms with Crippen LogP contribution >= 0.6 is 0 Å². The van der Waals surface area contributed by atoms with Gasteiger partial charge in [-0.05, 0) is 37.1 Å². The van der Waals surface area contributed by atoms with E-state index in [4.69, 9.17) is 15.2 Å². The highest BCUT2D eigenvalue weighted by molar-refractivity contribution is 5.91. The smallest absolute Gasteiger partial charge is 0.244 e. The third-order valence-corrected chi connectivity index (χ3v) is 7.44. The van der Waals surface area contributed by atoms with Gasteiger partial charge in [-0.2, -0.15) is 0 Å². The van der Waals surface area contributed by atoms with E-state index in [1.54, 1.807) is 4.90 Å². The standard InChI is InChI=1S/C27H33FN4O4/c1-2-35-20-13-19-14-32(27(34)25(29)17-7-9-18(28)10-8-17)23(16-31(19)15-20)26(33)30-22-11-12-36-24-6-4-3-5-21(22)24/h3-10,19-20,22-23,25H,2,11-16,29H2,1H3,(H,30,33)/t19-,20?,22-,23?,25+/m1/s1. The first-order valence-corrected chi connectivity index (χ1v) is 12.6. The maximum atomic E-state index is 13.7. The van der Waals surface area contributed by atoms with Crippen LogP contribution in [0.1, 0.15) is 43.0 Å². The van der Waals surface area contributed by atoms with Crippen molar-refractivity contribution in [1.29, 1.82) is 0 Å². The zero-order valence-corrected chi connectivity index (χ0v) is 20.4. The summed E-state index contributed by atoms with van der Waals surface area (Å²) in [6.07, 6.45) is 1.52. The SMILES string of the molecule is CCOC1C[C@@H]2CN(C(=O)[C@@H](N)c3ccc(F)cc3)C(C(=O)N[C@@H]3CCOc4ccccc43)CN2C1. The van der Waals surface area contributed by atoms with Gasteiger partial charge in [0, 0.05) is 44.3 Å². The maximum Gasteiger partial charge on any atom is 0.244 e. The largest absolute Gasteiger partial charge is 0.493 e. The molecule has 2 amide bonds. The van der Waals surface area contributed by atoms with Crippen LogP contribution in [0.4, 0.5) is 4.39 Å². The highest BCUT2D eigenvalue weighted by Crippen LogP contribution is 2.33. The Morgan fingerprint density at radius 1 is 1.17 bits per heavy atom. The summed E-state index contributed by atoms with van der Waals surface area (Å²) in [5.74, 6) is -0.180. The van der Waals surface area contributed by atoms with E-state index >= 15 is 0 Å². The van der Waals surface area contributed by atoms with Crippen LogP contribution in [0.2, 0.25) is 0 Å². The Labute approximate surface area is 210 Å². The van der Waals surface area contributed by atoms with E-state index in [-0.39, 0.29) is 30.0 Å². The van der Waals surface area contributed by atoms with Crippen LogP contribution in [0.15, 0.2) is 48.5 Å². The first-order chi connectivity index (χ1) is 17.4. The summed E-state index contributed by atoms with van der Waals surface area (Å²) in [6, 6.07) is 11.5. The Bertz CT molecular complexity index is 1100. The summed E-state index contributed by atoms with van der Waals surface area (Å²) in [4.78, 5) is 31.2. The summed E-state index contributed by atoms with van der Waals surface area (Å²) < 4.78 is 25.0. The molecule has 0 saturated carbocycles. The van der Waals surface area contributed by atoms with Crippen molar-refractivity contribution in [1.82, 2.24) is 15.1 Å². The zero-order chi connectivity index (χ0) is 25.2. The molecule has 5 atom stereocenters. The van der Waals surface area contributed by atoms with Gasteiger partial charge in [-0.15, -0.1) is 0 Å². The lowest BCUT2D eigenvalue weighted by atomic mass is 9.98. The second kappa shape index (κ2) is 10.5. The number of ether oxygens (including phenoxy) is 2. The second-order valence-electron chi connectivity index (χ2n) is 9.69. The van der Waals surface area contributed by atoms with Gasteiger partial charge in [0.25, 0.3) is 0 Å². The van der Waals surface area contributed by atoms with E-state index in [2.05, 4.69) is 10.2 Å². The molecule has 0 spiro atoms. The number of nitrogens with zero attached hydrogens (tertiary/aromatic N) is 2. The summed E-state index contributed by atoms with van der Waals surface area (Å²) in [5, 5.41) is 3.17. The molecule has 36 heavy (non-hydrogen) atoms. The fourth-order valence-electron chi connectivity index (χ4n) is 5.60. The van der Waals surface area contributed by atoms with Crippen molar-refractivity contribution in [3.05, 3.63) is 65.5 Å². The van der Waals surface area contributed by atoms with Crippen molar-refractivity contribution in [2.24, 2.45) is 5.73 Å². The Morgan fingerprint density at radius 3 is 2.72 bits per heavy atom. The number of amides is 2. The van der Waals surface area contributed by atoms with Crippen molar-refractivity contribution in [2.75, 3.05) is 32.8 Å². The minimum atomic E-state index is -0.986. The third-order valence-electron chi connectivity index (χ3n) is 7.44. The van der Waals surface area contributed by atoms with Gasteiger partial charge >= 0.3 is 0 Å². The van der Waals surface area contributed by atoms with E-state index in [1.807, 2.05) is 31.2 Å². The molecule has 3 aliphatic rings. The molecule has 3 heterocycles. The highest BCUT2D eigenvalue weighted by atomic mass is 19.1. The van der Waals surface area contributed by atoms with Gasteiger partial charge in [0.05, 0.1) is 18.8 Å². The van der Waals surface area contributed by atoms with Gasteiger partial charge in [0.15, 0.2) is 0 Å². The molecule has 192 valence electrons. The van der Waals surface area contributed by atoms with Gasteiger partial charge in [-0.3, -0.25) is 14.5 Å². The lowest BCUT2D eigenvalue weighted by Crippen LogP contribution is -2.64. The number of carbonyl (C=O) groups excluding carboxylic acids is 2. The van der Waals surface area contributed by atoms with E-state index in [1.165, 1.54) is 24.3 Å². The zero-order valence-electron chi connectivity index (χ0n) is 20.4. The number of hydrogen-bond acceptors (Lipinski definition) is 6. The van der Waals surface area contributed by atoms with Crippen molar-refractivity contribution in [3.63, 3.8) is 0 Å². The normalized spacial score (nSPS) is 26.5. The highest BCUT2D eigenvalue weighted by Gasteiger charge is 2.46. The minimum absolute atomic E-state index is 0.0758. The van der Waals surface area contributed by atoms with Crippen LogP contribution < -0.4 is 15.8 Å². The molecule has 3 aliphatic heterocycles. The Balaban J connectivity index is 1.38. The van der Waals surface area contributed by atoms with Crippen LogP contribution in [0.25, 0.3) is 0 Å². The quantitative estimate of drug-likeness (QED) is 0.636. The number of fused-ring (bicyclic) bond motifs is 2. The average molecular weight is 497 g/mol. The first-order valence-electron chi connectivity index (χ1n) is 12.6. The summed E-state index contributed by atoms with van der Waals surface area (Å²) in [7, 11) is 0. The topological polar surface area (TPSA) is 97.1 Å². The number of halogens is 1. The first kappa shape index (κ1) is 24.7. The third kappa shape index (κ3) is 4.96. The maximum absolute atomic E-state index is 13.7. The van der Waals surface area contributed by atoms with E-state index in [9.17, 15) is 14.0 Å². The number of piperazine rings is 1. The van der Waals surface area contributed by atoms with Gasteiger partial charge < -0.3 is 25.4 Å². The molecular weight excluding hydrogens is 463 g/mol. The van der Waals surface area contributed by atoms with Crippen LogP contribution in [0.5, 0.6) is 5.75 Å². The monoisotopic (exact) mass is 496 g/mol. The number of para-hydroxylation sites is 1. The predicted molar refractivity (Wildman–Crippen MR) is 132 cm³/mol. The Hall–Kier alpha value is -3.01. The molecule has 5 rings (SSSR count). The number of rotatable bonds is 6. The number of nitrogens with one attached hydrogen (secondary N) is 1. The summed E-state index contributed by atoms with van der Waals surface area (Å²) in [5.41, 5.74) is 7.79. The lowest BCUT2D eigenvalue weighted by Gasteiger charge is -2.44. The van der Waals surface area contributed by atoms with Crippen molar-refractivity contribution < 1.29 is 23.5 Å². The molecule has 2 fully saturated rings. The van der Waals surface area contributed by atoms with E-state index < -0.39 is 17.9 Å². The molecule has 0 aromatic heterocycles. The molecule has 9 heteroatoms. The van der Waals surface area contributed by atoms with Crippen LogP contribution in [-0.2, 0) is 14.3 Å².